The Balaban J connectivity index is 2.19. The van der Waals surface area contributed by atoms with E-state index in [4.69, 9.17) is 15.2 Å². The number of hydrogen-bond donors (Lipinski definition) is 1. The van der Waals surface area contributed by atoms with Gasteiger partial charge in [0.15, 0.2) is 0 Å². The lowest BCUT2D eigenvalue weighted by Gasteiger charge is -2.17. The van der Waals surface area contributed by atoms with Crippen LogP contribution in [0.5, 0.6) is 11.5 Å². The molecule has 0 atom stereocenters. The number of nitrogens with zero attached hydrogens (tertiary/aromatic N) is 1. The van der Waals surface area contributed by atoms with E-state index in [1.54, 1.807) is 19.1 Å². The van der Waals surface area contributed by atoms with Crippen molar-refractivity contribution in [1.82, 2.24) is 4.90 Å². The zero-order valence-corrected chi connectivity index (χ0v) is 13.7. The minimum Gasteiger partial charge on any atom is -0.497 e. The molecule has 0 saturated heterocycles. The van der Waals surface area contributed by atoms with E-state index in [-0.39, 0.29) is 17.6 Å². The first kappa shape index (κ1) is 18.2. The summed E-state index contributed by atoms with van der Waals surface area (Å²) < 4.78 is 10.6. The van der Waals surface area contributed by atoms with Gasteiger partial charge in [-0.1, -0.05) is 0 Å². The fourth-order valence-electron chi connectivity index (χ4n) is 1.62. The molecule has 0 fully saturated rings. The molecule has 0 aliphatic rings. The van der Waals surface area contributed by atoms with Gasteiger partial charge in [0.2, 0.25) is 11.8 Å². The summed E-state index contributed by atoms with van der Waals surface area (Å²) in [5.41, 5.74) is 5.03. The van der Waals surface area contributed by atoms with E-state index in [0.717, 1.165) is 11.5 Å². The van der Waals surface area contributed by atoms with Gasteiger partial charge in [-0.2, -0.15) is 11.8 Å². The Kier molecular flexibility index (Phi) is 8.21. The molecule has 7 heteroatoms. The number of methoxy groups -OCH3 is 1. The maximum absolute atomic E-state index is 11.8. The molecule has 0 saturated carbocycles. The number of ether oxygens (including phenoxy) is 2. The van der Waals surface area contributed by atoms with Gasteiger partial charge in [0.05, 0.1) is 19.4 Å². The predicted octanol–water partition coefficient (Wildman–Crippen LogP) is 1.14. The largest absolute Gasteiger partial charge is 0.497 e. The van der Waals surface area contributed by atoms with Gasteiger partial charge < -0.3 is 20.1 Å². The highest BCUT2D eigenvalue weighted by atomic mass is 32.2. The van der Waals surface area contributed by atoms with Gasteiger partial charge >= 0.3 is 0 Å². The molecule has 22 heavy (non-hydrogen) atoms. The number of nitrogens with two attached hydrogens (primary N) is 1. The highest BCUT2D eigenvalue weighted by molar-refractivity contribution is 7.99. The van der Waals surface area contributed by atoms with Crippen molar-refractivity contribution >= 4 is 23.6 Å². The average Bonchev–Trinajstić information content (AvgIpc) is 2.51. The van der Waals surface area contributed by atoms with Gasteiger partial charge in [-0.3, -0.25) is 9.59 Å². The zero-order valence-electron chi connectivity index (χ0n) is 12.9. The smallest absolute Gasteiger partial charge is 0.227 e. The standard InChI is InChI=1S/C15H22N2O4S/c1-17(15(19)7-10-22-11-14(16)18)8-9-21-13-5-3-12(20-2)4-6-13/h3-6H,7-11H2,1-2H3,(H2,16,18). The van der Waals surface area contributed by atoms with Crippen molar-refractivity contribution in [3.8, 4) is 11.5 Å². The Bertz CT molecular complexity index is 479. The van der Waals surface area contributed by atoms with Gasteiger partial charge in [-0.25, -0.2) is 0 Å². The lowest BCUT2D eigenvalue weighted by atomic mass is 10.3. The second kappa shape index (κ2) is 9.94. The second-order valence-electron chi connectivity index (χ2n) is 4.61. The second-order valence-corrected chi connectivity index (χ2v) is 5.71. The Morgan fingerprint density at radius 2 is 1.86 bits per heavy atom. The third kappa shape index (κ3) is 7.21. The van der Waals surface area contributed by atoms with Crippen LogP contribution in [0.1, 0.15) is 6.42 Å². The number of carbonyl (C=O) groups excluding carboxylic acids is 2. The molecule has 122 valence electrons. The zero-order chi connectivity index (χ0) is 16.4. The third-order valence-corrected chi connectivity index (χ3v) is 3.87. The number of benzene rings is 1. The summed E-state index contributed by atoms with van der Waals surface area (Å²) in [4.78, 5) is 24.0. The van der Waals surface area contributed by atoms with Crippen molar-refractivity contribution in [3.05, 3.63) is 24.3 Å². The fourth-order valence-corrected chi connectivity index (χ4v) is 2.28. The summed E-state index contributed by atoms with van der Waals surface area (Å²) in [5, 5.41) is 0. The topological polar surface area (TPSA) is 81.9 Å². The van der Waals surface area contributed by atoms with Crippen molar-refractivity contribution < 1.29 is 19.1 Å². The van der Waals surface area contributed by atoms with Crippen molar-refractivity contribution in [2.45, 2.75) is 6.42 Å². The molecule has 1 aromatic rings. The lowest BCUT2D eigenvalue weighted by Crippen LogP contribution is -2.31. The van der Waals surface area contributed by atoms with Crippen LogP contribution in [0, 0.1) is 0 Å². The van der Waals surface area contributed by atoms with Crippen molar-refractivity contribution in [2.24, 2.45) is 5.73 Å². The fraction of sp³-hybridized carbons (Fsp3) is 0.467. The number of amides is 2. The van der Waals surface area contributed by atoms with Crippen LogP contribution in [0.15, 0.2) is 24.3 Å². The van der Waals surface area contributed by atoms with Crippen molar-refractivity contribution in [2.75, 3.05) is 38.8 Å². The van der Waals surface area contributed by atoms with Gasteiger partial charge in [0.25, 0.3) is 0 Å². The minimum atomic E-state index is -0.362. The van der Waals surface area contributed by atoms with Crippen molar-refractivity contribution in [1.29, 1.82) is 0 Å². The van der Waals surface area contributed by atoms with Gasteiger partial charge in [-0.05, 0) is 24.3 Å². The number of thioether (sulfide) groups is 1. The maximum Gasteiger partial charge on any atom is 0.227 e. The molecule has 1 aromatic carbocycles. The van der Waals surface area contributed by atoms with Gasteiger partial charge in [0.1, 0.15) is 18.1 Å². The van der Waals surface area contributed by atoms with E-state index < -0.39 is 0 Å². The molecule has 0 heterocycles. The number of hydrogen-bond acceptors (Lipinski definition) is 5. The van der Waals surface area contributed by atoms with Gasteiger partial charge in [-0.15, -0.1) is 0 Å². The van der Waals surface area contributed by atoms with Crippen LogP contribution < -0.4 is 15.2 Å². The van der Waals surface area contributed by atoms with Gasteiger partial charge in [0, 0.05) is 19.2 Å². The molecule has 0 unspecified atom stereocenters. The Morgan fingerprint density at radius 1 is 1.23 bits per heavy atom. The maximum atomic E-state index is 11.8. The summed E-state index contributed by atoms with van der Waals surface area (Å²) in [5.74, 6) is 2.00. The van der Waals surface area contributed by atoms with E-state index in [0.29, 0.717) is 25.3 Å². The first-order chi connectivity index (χ1) is 10.5. The van der Waals surface area contributed by atoms with Crippen LogP contribution in [0.4, 0.5) is 0 Å². The van der Waals surface area contributed by atoms with Crippen LogP contribution >= 0.6 is 11.8 Å². The molecule has 1 rings (SSSR count). The SMILES string of the molecule is COc1ccc(OCCN(C)C(=O)CCSCC(N)=O)cc1. The third-order valence-electron chi connectivity index (χ3n) is 2.89. The van der Waals surface area contributed by atoms with E-state index in [1.165, 1.54) is 11.8 Å². The van der Waals surface area contributed by atoms with Crippen LogP contribution in [-0.4, -0.2) is 55.5 Å². The first-order valence-corrected chi connectivity index (χ1v) is 8.05. The Morgan fingerprint density at radius 3 is 2.45 bits per heavy atom. The summed E-state index contributed by atoms with van der Waals surface area (Å²) in [7, 11) is 3.34. The molecule has 0 aliphatic carbocycles. The first-order valence-electron chi connectivity index (χ1n) is 6.89. The number of primary amides is 1. The van der Waals surface area contributed by atoms with E-state index in [2.05, 4.69) is 0 Å². The predicted molar refractivity (Wildman–Crippen MR) is 87.3 cm³/mol. The molecule has 0 spiro atoms. The summed E-state index contributed by atoms with van der Waals surface area (Å²) >= 11 is 1.37. The lowest BCUT2D eigenvalue weighted by molar-refractivity contribution is -0.129. The van der Waals surface area contributed by atoms with E-state index in [9.17, 15) is 9.59 Å². The van der Waals surface area contributed by atoms with Crippen LogP contribution in [-0.2, 0) is 9.59 Å². The van der Waals surface area contributed by atoms with E-state index in [1.807, 2.05) is 24.3 Å². The molecule has 0 aromatic heterocycles. The van der Waals surface area contributed by atoms with Crippen LogP contribution in [0.25, 0.3) is 0 Å². The highest BCUT2D eigenvalue weighted by Gasteiger charge is 2.08. The summed E-state index contributed by atoms with van der Waals surface area (Å²) in [6.07, 6.45) is 0.386. The molecular formula is C15H22N2O4S. The molecule has 2 amide bonds. The Hall–Kier alpha value is -1.89. The monoisotopic (exact) mass is 326 g/mol. The summed E-state index contributed by atoms with van der Waals surface area (Å²) in [6.45, 7) is 0.925. The molecule has 6 nitrogen and oxygen atoms in total. The number of likely N-dealkylation sites (N-methyl/N-ethyl adjacent to an activating group) is 1. The molecule has 0 bridgehead atoms. The molecule has 0 aliphatic heterocycles. The quantitative estimate of drug-likeness (QED) is 0.652. The summed E-state index contributed by atoms with van der Waals surface area (Å²) in [6, 6.07) is 7.28. The Labute approximate surface area is 134 Å². The highest BCUT2D eigenvalue weighted by Crippen LogP contribution is 2.16. The molecular weight excluding hydrogens is 304 g/mol. The van der Waals surface area contributed by atoms with Crippen LogP contribution in [0.3, 0.4) is 0 Å². The number of carbonyl (C=O) groups is 2. The molecule has 2 N–H and O–H groups in total. The van der Waals surface area contributed by atoms with Crippen LogP contribution in [0.2, 0.25) is 0 Å². The van der Waals surface area contributed by atoms with Crippen molar-refractivity contribution in [3.63, 3.8) is 0 Å². The molecule has 0 radical (unpaired) electrons. The average molecular weight is 326 g/mol. The number of rotatable bonds is 10. The normalized spacial score (nSPS) is 10.1. The minimum absolute atomic E-state index is 0.0234. The van der Waals surface area contributed by atoms with E-state index >= 15 is 0 Å².